The molecule has 0 aliphatic carbocycles. The van der Waals surface area contributed by atoms with Crippen molar-refractivity contribution in [1.82, 2.24) is 35.7 Å². The Bertz CT molecular complexity index is 1940. The molecule has 2 saturated heterocycles. The Balaban J connectivity index is 1.38. The summed E-state index contributed by atoms with van der Waals surface area (Å²) in [4.78, 5) is 97.3. The smallest absolute Gasteiger partial charge is 0.326 e. The van der Waals surface area contributed by atoms with Crippen molar-refractivity contribution < 1.29 is 33.9 Å². The number of carboxylic acid groups (broad SMARTS) is 1. The van der Waals surface area contributed by atoms with E-state index in [1.807, 2.05) is 32.0 Å². The molecule has 2 aromatic carbocycles. The average molecular weight is 716 g/mol. The number of hydrogen-bond donors (Lipinski definition) is 5. The predicted octanol–water partition coefficient (Wildman–Crippen LogP) is 1.02. The third-order valence-electron chi connectivity index (χ3n) is 9.67. The fraction of sp³-hybridized carbons (Fsp3) is 0.459. The number of aliphatic carboxylic acids is 1. The lowest BCUT2D eigenvalue weighted by molar-refractivity contribution is -0.144. The summed E-state index contributed by atoms with van der Waals surface area (Å²) >= 11 is 0. The van der Waals surface area contributed by atoms with Gasteiger partial charge >= 0.3 is 5.97 Å². The molecule has 1 aromatic heterocycles. The van der Waals surface area contributed by atoms with Crippen LogP contribution in [0.15, 0.2) is 47.5 Å². The summed E-state index contributed by atoms with van der Waals surface area (Å²) in [5, 5.41) is 21.1. The molecule has 5 amide bonds. The van der Waals surface area contributed by atoms with Gasteiger partial charge in [-0.3, -0.25) is 28.8 Å². The number of carboxylic acids is 1. The first kappa shape index (κ1) is 37.7. The maximum atomic E-state index is 14.3. The minimum atomic E-state index is -1.39. The molecule has 2 fully saturated rings. The van der Waals surface area contributed by atoms with Gasteiger partial charge in [-0.15, -0.1) is 0 Å². The van der Waals surface area contributed by atoms with Crippen LogP contribution >= 0.6 is 0 Å². The van der Waals surface area contributed by atoms with Crippen LogP contribution in [0.2, 0.25) is 0 Å². The van der Waals surface area contributed by atoms with E-state index in [0.717, 1.165) is 16.7 Å². The van der Waals surface area contributed by atoms with Crippen molar-refractivity contribution in [1.29, 1.82) is 0 Å². The van der Waals surface area contributed by atoms with Gasteiger partial charge in [0.05, 0.1) is 17.2 Å². The number of benzene rings is 2. The number of nitrogens with zero attached hydrogens (tertiary/aromatic N) is 3. The molecule has 0 unspecified atom stereocenters. The molecular weight excluding hydrogens is 670 g/mol. The number of carbonyl (C=O) groups excluding carboxylic acids is 5. The highest BCUT2D eigenvalue weighted by molar-refractivity contribution is 6.01. The van der Waals surface area contributed by atoms with Crippen molar-refractivity contribution in [3.63, 3.8) is 0 Å². The van der Waals surface area contributed by atoms with Crippen LogP contribution in [0.3, 0.4) is 0 Å². The Labute approximate surface area is 300 Å². The van der Waals surface area contributed by atoms with E-state index in [1.165, 1.54) is 34.0 Å². The van der Waals surface area contributed by atoms with Crippen molar-refractivity contribution in [2.75, 3.05) is 13.1 Å². The third-order valence-corrected chi connectivity index (χ3v) is 9.67. The minimum Gasteiger partial charge on any atom is -0.480 e. The molecule has 3 heterocycles. The van der Waals surface area contributed by atoms with E-state index in [0.29, 0.717) is 30.2 Å². The molecule has 0 radical (unpaired) electrons. The Morgan fingerprint density at radius 1 is 1.00 bits per heavy atom. The fourth-order valence-electron chi connectivity index (χ4n) is 6.75. The van der Waals surface area contributed by atoms with Crippen LogP contribution in [0.4, 0.5) is 0 Å². The first-order valence-electron chi connectivity index (χ1n) is 17.5. The highest BCUT2D eigenvalue weighted by Gasteiger charge is 2.43. The van der Waals surface area contributed by atoms with Crippen LogP contribution in [-0.2, 0) is 37.4 Å². The molecule has 5 N–H and O–H groups in total. The summed E-state index contributed by atoms with van der Waals surface area (Å²) in [5.74, 6) is -3.88. The maximum Gasteiger partial charge on any atom is 0.326 e. The summed E-state index contributed by atoms with van der Waals surface area (Å²) < 4.78 is 1.32. The normalized spacial score (nSPS) is 21.7. The van der Waals surface area contributed by atoms with Crippen molar-refractivity contribution in [2.45, 2.75) is 89.4 Å². The molecule has 2 aliphatic rings. The maximum absolute atomic E-state index is 14.3. The predicted molar refractivity (Wildman–Crippen MR) is 190 cm³/mol. The van der Waals surface area contributed by atoms with E-state index >= 15 is 0 Å². The number of hydrogen-bond acceptors (Lipinski definition) is 8. The summed E-state index contributed by atoms with van der Waals surface area (Å²) in [6, 6.07) is 6.17. The van der Waals surface area contributed by atoms with Gasteiger partial charge < -0.3 is 35.8 Å². The second-order valence-electron chi connectivity index (χ2n) is 13.6. The van der Waals surface area contributed by atoms with Crippen molar-refractivity contribution in [2.24, 2.45) is 7.05 Å². The lowest BCUT2D eigenvalue weighted by atomic mass is 10.0. The van der Waals surface area contributed by atoms with Crippen LogP contribution in [0.5, 0.6) is 0 Å². The number of aryl methyl sites for hydroxylation is 4. The van der Waals surface area contributed by atoms with Crippen molar-refractivity contribution >= 4 is 46.4 Å². The second kappa shape index (κ2) is 16.6. The number of rotatable bonds is 7. The number of carbonyl (C=O) groups is 6. The van der Waals surface area contributed by atoms with Gasteiger partial charge in [0, 0.05) is 44.6 Å². The van der Waals surface area contributed by atoms with Crippen LogP contribution in [0.1, 0.15) is 72.0 Å². The fourth-order valence-corrected chi connectivity index (χ4v) is 6.75. The molecule has 3 aromatic rings. The summed E-state index contributed by atoms with van der Waals surface area (Å²) in [6.45, 7) is 4.21. The van der Waals surface area contributed by atoms with Gasteiger partial charge in [-0.2, -0.15) is 0 Å². The highest BCUT2D eigenvalue weighted by atomic mass is 16.4. The lowest BCUT2D eigenvalue weighted by Gasteiger charge is -2.29. The van der Waals surface area contributed by atoms with E-state index in [2.05, 4.69) is 26.3 Å². The van der Waals surface area contributed by atoms with E-state index < -0.39 is 47.9 Å². The van der Waals surface area contributed by atoms with Crippen LogP contribution in [-0.4, -0.2) is 92.3 Å². The topological polar surface area (TPSA) is 209 Å². The molecule has 0 bridgehead atoms. The molecule has 52 heavy (non-hydrogen) atoms. The van der Waals surface area contributed by atoms with E-state index in [4.69, 9.17) is 0 Å². The Kier molecular flexibility index (Phi) is 12.0. The summed E-state index contributed by atoms with van der Waals surface area (Å²) in [6.07, 6.45) is 2.82. The Morgan fingerprint density at radius 3 is 2.54 bits per heavy atom. The van der Waals surface area contributed by atoms with Gasteiger partial charge in [0.25, 0.3) is 11.5 Å². The first-order chi connectivity index (χ1) is 24.8. The number of fused-ring (bicyclic) bond motifs is 2. The van der Waals surface area contributed by atoms with Gasteiger partial charge in [0.15, 0.2) is 0 Å². The van der Waals surface area contributed by atoms with Gasteiger partial charge in [0.1, 0.15) is 18.1 Å². The lowest BCUT2D eigenvalue weighted by Crippen LogP contribution is -2.55. The quantitative estimate of drug-likeness (QED) is 0.236. The molecule has 15 nitrogen and oxygen atoms in total. The van der Waals surface area contributed by atoms with Crippen molar-refractivity contribution in [3.05, 3.63) is 75.3 Å². The molecule has 2 aliphatic heterocycles. The number of aromatic nitrogens is 2. The van der Waals surface area contributed by atoms with Gasteiger partial charge in [0.2, 0.25) is 23.6 Å². The molecule has 5 rings (SSSR count). The molecule has 276 valence electrons. The zero-order chi connectivity index (χ0) is 37.5. The zero-order valence-corrected chi connectivity index (χ0v) is 29.6. The highest BCUT2D eigenvalue weighted by Crippen LogP contribution is 2.23. The minimum absolute atomic E-state index is 0.0195. The van der Waals surface area contributed by atoms with Crippen LogP contribution in [0.25, 0.3) is 10.9 Å². The van der Waals surface area contributed by atoms with E-state index in [9.17, 15) is 38.7 Å². The number of nitrogens with one attached hydrogen (secondary N) is 4. The molecule has 0 spiro atoms. The third kappa shape index (κ3) is 9.19. The van der Waals surface area contributed by atoms with E-state index in [1.54, 1.807) is 7.05 Å². The molecular formula is C37H45N7O8. The van der Waals surface area contributed by atoms with Gasteiger partial charge in [-0.05, 0) is 81.7 Å². The van der Waals surface area contributed by atoms with E-state index in [-0.39, 0.29) is 68.1 Å². The molecule has 4 atom stereocenters. The van der Waals surface area contributed by atoms with Gasteiger partial charge in [-0.1, -0.05) is 23.8 Å². The summed E-state index contributed by atoms with van der Waals surface area (Å²) in [7, 11) is 1.57. The zero-order valence-electron chi connectivity index (χ0n) is 29.6. The number of amides is 5. The first-order valence-corrected chi connectivity index (χ1v) is 17.5. The SMILES string of the molecule is Cc1ccc(CCC(=O)N[C@@H]2C[C@H]3C(=O)N[C@H](C(=O)O)CCC(=O)NCCCC[C@H](NC(=O)c4ccc5c(=O)n(C)cnc5c4)C(=O)N3C2)c(C)c1. The largest absolute Gasteiger partial charge is 0.480 e. The molecule has 0 saturated carbocycles. The van der Waals surface area contributed by atoms with Crippen molar-refractivity contribution in [3.8, 4) is 0 Å². The monoisotopic (exact) mass is 715 g/mol. The Morgan fingerprint density at radius 2 is 1.79 bits per heavy atom. The second-order valence-corrected chi connectivity index (χ2v) is 13.6. The standard InChI is InChI=1S/C37H45N7O8/c1-21-7-8-23(22(2)16-21)10-13-32(46)40-25-18-30-34(48)42-28(37(51)52)12-14-31(45)38-15-5-4-6-27(36(50)44(30)19-25)41-33(47)24-9-11-26-29(17-24)39-20-43(3)35(26)49/h7-9,11,16-17,20,25,27-28,30H,4-6,10,12-15,18-19H2,1-3H3,(H,38,45)(H,40,46)(H,41,47)(H,42,48)(H,51,52)/t25-,27+,28+,30+/m1/s1. The summed E-state index contributed by atoms with van der Waals surface area (Å²) in [5.41, 5.74) is 3.41. The average Bonchev–Trinajstić information content (AvgIpc) is 3.53. The van der Waals surface area contributed by atoms with Gasteiger partial charge in [-0.25, -0.2) is 9.78 Å². The Hall–Kier alpha value is -5.60. The van der Waals surface area contributed by atoms with Crippen LogP contribution < -0.4 is 26.8 Å². The van der Waals surface area contributed by atoms with Crippen LogP contribution in [0, 0.1) is 13.8 Å². The molecule has 15 heteroatoms.